The first kappa shape index (κ1) is 14.0. The van der Waals surface area contributed by atoms with Crippen LogP contribution < -0.4 is 10.6 Å². The molecule has 0 bridgehead atoms. The second-order valence-electron chi connectivity index (χ2n) is 3.85. The number of nitrogens with one attached hydrogen (secondary N) is 2. The summed E-state index contributed by atoms with van der Waals surface area (Å²) in [5.41, 5.74) is 0.978. The SMILES string of the molecule is CC(C)CNC(=S)Nc1ccc(Cl)cc1I. The molecule has 16 heavy (non-hydrogen) atoms. The molecular weight excluding hydrogens is 355 g/mol. The Balaban J connectivity index is 2.56. The molecule has 0 radical (unpaired) electrons. The lowest BCUT2D eigenvalue weighted by Crippen LogP contribution is -2.31. The molecule has 0 heterocycles. The number of halogens is 2. The van der Waals surface area contributed by atoms with Crippen LogP contribution in [0, 0.1) is 9.49 Å². The van der Waals surface area contributed by atoms with Crippen molar-refractivity contribution in [2.75, 3.05) is 11.9 Å². The van der Waals surface area contributed by atoms with Gasteiger partial charge in [-0.2, -0.15) is 0 Å². The van der Waals surface area contributed by atoms with Crippen molar-refractivity contribution in [3.05, 3.63) is 26.8 Å². The lowest BCUT2D eigenvalue weighted by Gasteiger charge is -2.13. The molecule has 0 saturated heterocycles. The largest absolute Gasteiger partial charge is 0.362 e. The van der Waals surface area contributed by atoms with Gasteiger partial charge in [-0.15, -0.1) is 0 Å². The topological polar surface area (TPSA) is 24.1 Å². The number of hydrogen-bond acceptors (Lipinski definition) is 1. The molecule has 0 amide bonds. The number of benzene rings is 1. The fourth-order valence-electron chi connectivity index (χ4n) is 1.05. The van der Waals surface area contributed by atoms with E-state index in [1.807, 2.05) is 18.2 Å². The second-order valence-corrected chi connectivity index (χ2v) is 5.86. The van der Waals surface area contributed by atoms with Gasteiger partial charge in [-0.3, -0.25) is 0 Å². The van der Waals surface area contributed by atoms with Gasteiger partial charge in [0.1, 0.15) is 0 Å². The van der Waals surface area contributed by atoms with Crippen molar-refractivity contribution >= 4 is 57.2 Å². The first-order valence-corrected chi connectivity index (χ1v) is 6.85. The van der Waals surface area contributed by atoms with E-state index in [0.29, 0.717) is 11.0 Å². The Bertz CT molecular complexity index is 382. The average Bonchev–Trinajstić information content (AvgIpc) is 2.19. The molecule has 1 aromatic carbocycles. The van der Waals surface area contributed by atoms with Gasteiger partial charge in [-0.25, -0.2) is 0 Å². The average molecular weight is 369 g/mol. The molecule has 0 saturated carbocycles. The highest BCUT2D eigenvalue weighted by molar-refractivity contribution is 14.1. The first-order chi connectivity index (χ1) is 7.49. The highest BCUT2D eigenvalue weighted by Crippen LogP contribution is 2.22. The number of thiocarbonyl (C=S) groups is 1. The van der Waals surface area contributed by atoms with Crippen molar-refractivity contribution < 1.29 is 0 Å². The summed E-state index contributed by atoms with van der Waals surface area (Å²) in [6.45, 7) is 5.15. The summed E-state index contributed by atoms with van der Waals surface area (Å²) in [6.07, 6.45) is 0. The van der Waals surface area contributed by atoms with Crippen LogP contribution in [0.4, 0.5) is 5.69 Å². The van der Waals surface area contributed by atoms with Crippen molar-refractivity contribution in [3.63, 3.8) is 0 Å². The van der Waals surface area contributed by atoms with Crippen LogP contribution in [0.15, 0.2) is 18.2 Å². The molecule has 0 aliphatic heterocycles. The van der Waals surface area contributed by atoms with E-state index >= 15 is 0 Å². The van der Waals surface area contributed by atoms with Crippen LogP contribution in [0.5, 0.6) is 0 Å². The lowest BCUT2D eigenvalue weighted by atomic mass is 10.2. The molecule has 0 aliphatic carbocycles. The standard InChI is InChI=1S/C11H14ClIN2S/c1-7(2)6-14-11(16)15-10-4-3-8(12)5-9(10)13/h3-5,7H,6H2,1-2H3,(H2,14,15,16). The fourth-order valence-corrected chi connectivity index (χ4v) is 2.25. The minimum Gasteiger partial charge on any atom is -0.362 e. The van der Waals surface area contributed by atoms with Crippen molar-refractivity contribution in [1.82, 2.24) is 5.32 Å². The van der Waals surface area contributed by atoms with Gasteiger partial charge in [0, 0.05) is 15.1 Å². The van der Waals surface area contributed by atoms with Crippen LogP contribution in [0.25, 0.3) is 0 Å². The fraction of sp³-hybridized carbons (Fsp3) is 0.364. The third kappa shape index (κ3) is 4.84. The zero-order chi connectivity index (χ0) is 12.1. The molecule has 0 spiro atoms. The Morgan fingerprint density at radius 1 is 1.50 bits per heavy atom. The lowest BCUT2D eigenvalue weighted by molar-refractivity contribution is 0.627. The van der Waals surface area contributed by atoms with E-state index in [-0.39, 0.29) is 0 Å². The third-order valence-corrected chi connectivity index (χ3v) is 3.22. The summed E-state index contributed by atoms with van der Waals surface area (Å²) in [5, 5.41) is 7.68. The highest BCUT2D eigenvalue weighted by atomic mass is 127. The summed E-state index contributed by atoms with van der Waals surface area (Å²) >= 11 is 13.3. The Morgan fingerprint density at radius 2 is 2.19 bits per heavy atom. The van der Waals surface area contributed by atoms with E-state index in [1.54, 1.807) is 0 Å². The number of hydrogen-bond donors (Lipinski definition) is 2. The van der Waals surface area contributed by atoms with E-state index in [1.165, 1.54) is 0 Å². The molecule has 0 unspecified atom stereocenters. The van der Waals surface area contributed by atoms with Crippen LogP contribution in [0.3, 0.4) is 0 Å². The molecule has 1 aromatic rings. The molecule has 2 N–H and O–H groups in total. The Labute approximate surface area is 120 Å². The molecule has 0 atom stereocenters. The van der Waals surface area contributed by atoms with Crippen LogP contribution in [0.2, 0.25) is 5.02 Å². The van der Waals surface area contributed by atoms with E-state index in [0.717, 1.165) is 20.8 Å². The predicted molar refractivity (Wildman–Crippen MR) is 83.2 cm³/mol. The molecular formula is C11H14ClIN2S. The molecule has 2 nitrogen and oxygen atoms in total. The van der Waals surface area contributed by atoms with E-state index in [9.17, 15) is 0 Å². The van der Waals surface area contributed by atoms with Gasteiger partial charge in [0.25, 0.3) is 0 Å². The Hall–Kier alpha value is -0.0700. The number of rotatable bonds is 3. The first-order valence-electron chi connectivity index (χ1n) is 4.99. The van der Waals surface area contributed by atoms with Gasteiger partial charge < -0.3 is 10.6 Å². The van der Waals surface area contributed by atoms with E-state index in [4.69, 9.17) is 23.8 Å². The van der Waals surface area contributed by atoms with E-state index < -0.39 is 0 Å². The molecule has 1 rings (SSSR count). The van der Waals surface area contributed by atoms with Crippen molar-refractivity contribution in [1.29, 1.82) is 0 Å². The maximum absolute atomic E-state index is 5.88. The maximum Gasteiger partial charge on any atom is 0.170 e. The minimum atomic E-state index is 0.573. The maximum atomic E-state index is 5.88. The molecule has 5 heteroatoms. The summed E-state index contributed by atoms with van der Waals surface area (Å²) in [5.74, 6) is 0.573. The van der Waals surface area contributed by atoms with Crippen LogP contribution in [-0.2, 0) is 0 Å². The zero-order valence-corrected chi connectivity index (χ0v) is 12.9. The monoisotopic (exact) mass is 368 g/mol. The van der Waals surface area contributed by atoms with Gasteiger partial charge >= 0.3 is 0 Å². The van der Waals surface area contributed by atoms with Crippen LogP contribution in [0.1, 0.15) is 13.8 Å². The van der Waals surface area contributed by atoms with E-state index in [2.05, 4.69) is 47.1 Å². The van der Waals surface area contributed by atoms with Gasteiger partial charge in [0.2, 0.25) is 0 Å². The summed E-state index contributed by atoms with van der Waals surface area (Å²) in [4.78, 5) is 0. The van der Waals surface area contributed by atoms with Crippen molar-refractivity contribution in [3.8, 4) is 0 Å². The van der Waals surface area contributed by atoms with Gasteiger partial charge in [-0.05, 0) is 58.9 Å². The van der Waals surface area contributed by atoms with Gasteiger partial charge in [0.15, 0.2) is 5.11 Å². The normalized spacial score (nSPS) is 10.3. The summed E-state index contributed by atoms with van der Waals surface area (Å²) in [6, 6.07) is 5.67. The van der Waals surface area contributed by atoms with Crippen LogP contribution >= 0.6 is 46.4 Å². The molecule has 0 fully saturated rings. The zero-order valence-electron chi connectivity index (χ0n) is 9.18. The van der Waals surface area contributed by atoms with Gasteiger partial charge in [-0.1, -0.05) is 25.4 Å². The second kappa shape index (κ2) is 6.61. The molecule has 88 valence electrons. The van der Waals surface area contributed by atoms with Crippen LogP contribution in [-0.4, -0.2) is 11.7 Å². The number of anilines is 1. The highest BCUT2D eigenvalue weighted by Gasteiger charge is 2.03. The van der Waals surface area contributed by atoms with Crippen molar-refractivity contribution in [2.24, 2.45) is 5.92 Å². The Morgan fingerprint density at radius 3 is 2.75 bits per heavy atom. The quantitative estimate of drug-likeness (QED) is 0.625. The molecule has 0 aliphatic rings. The third-order valence-electron chi connectivity index (χ3n) is 1.85. The Kier molecular flexibility index (Phi) is 5.78. The minimum absolute atomic E-state index is 0.573. The smallest absolute Gasteiger partial charge is 0.170 e. The molecule has 0 aromatic heterocycles. The van der Waals surface area contributed by atoms with Gasteiger partial charge in [0.05, 0.1) is 5.69 Å². The summed E-state index contributed by atoms with van der Waals surface area (Å²) < 4.78 is 1.05. The predicted octanol–water partition coefficient (Wildman–Crippen LogP) is 3.89. The summed E-state index contributed by atoms with van der Waals surface area (Å²) in [7, 11) is 0. The van der Waals surface area contributed by atoms with Crippen molar-refractivity contribution in [2.45, 2.75) is 13.8 Å².